The number of hydrogen-bond acceptors (Lipinski definition) is 1. The summed E-state index contributed by atoms with van der Waals surface area (Å²) in [6.45, 7) is 0. The zero-order valence-corrected chi connectivity index (χ0v) is 39.7. The van der Waals surface area contributed by atoms with Gasteiger partial charge < -0.3 is 4.90 Å². The van der Waals surface area contributed by atoms with Crippen molar-refractivity contribution in [1.82, 2.24) is 0 Å². The Morgan fingerprint density at radius 2 is 0.597 bits per heavy atom. The molecule has 1 aliphatic carbocycles. The maximum atomic E-state index is 2.45. The van der Waals surface area contributed by atoms with Gasteiger partial charge >= 0.3 is 0 Å². The molecule has 0 amide bonds. The van der Waals surface area contributed by atoms with Crippen molar-refractivity contribution in [2.45, 2.75) is 5.41 Å². The molecule has 0 fully saturated rings. The molecular formula is C71H49N. The molecular weight excluding hydrogens is 867 g/mol. The Morgan fingerprint density at radius 1 is 0.208 bits per heavy atom. The van der Waals surface area contributed by atoms with Gasteiger partial charge in [0, 0.05) is 17.1 Å². The average molecular weight is 916 g/mol. The zero-order valence-electron chi connectivity index (χ0n) is 39.7. The van der Waals surface area contributed by atoms with E-state index < -0.39 is 5.41 Å². The summed E-state index contributed by atoms with van der Waals surface area (Å²) in [5.41, 5.74) is 22.5. The van der Waals surface area contributed by atoms with Gasteiger partial charge in [-0.1, -0.05) is 243 Å². The largest absolute Gasteiger partial charge is 0.311 e. The summed E-state index contributed by atoms with van der Waals surface area (Å²) >= 11 is 0. The van der Waals surface area contributed by atoms with Gasteiger partial charge in [0.2, 0.25) is 0 Å². The van der Waals surface area contributed by atoms with E-state index in [0.717, 1.165) is 17.1 Å². The fourth-order valence-electron chi connectivity index (χ4n) is 11.3. The second-order valence-electron chi connectivity index (χ2n) is 18.8. The molecule has 13 rings (SSSR count). The van der Waals surface area contributed by atoms with Gasteiger partial charge in [-0.05, 0) is 154 Å². The lowest BCUT2D eigenvalue weighted by Crippen LogP contribution is -2.28. The van der Waals surface area contributed by atoms with Crippen LogP contribution in [0.15, 0.2) is 297 Å². The van der Waals surface area contributed by atoms with Gasteiger partial charge in [0.15, 0.2) is 0 Å². The summed E-state index contributed by atoms with van der Waals surface area (Å²) in [6, 6.07) is 109. The monoisotopic (exact) mass is 915 g/mol. The Hall–Kier alpha value is -9.30. The fraction of sp³-hybridized carbons (Fsp3) is 0.0141. The summed E-state index contributed by atoms with van der Waals surface area (Å²) < 4.78 is 0. The van der Waals surface area contributed by atoms with Gasteiger partial charge in [0.1, 0.15) is 0 Å². The molecule has 338 valence electrons. The minimum Gasteiger partial charge on any atom is -0.311 e. The van der Waals surface area contributed by atoms with Crippen LogP contribution in [0.25, 0.3) is 77.5 Å². The third kappa shape index (κ3) is 7.51. The third-order valence-electron chi connectivity index (χ3n) is 14.8. The highest BCUT2D eigenvalue weighted by molar-refractivity contribution is 5.91. The number of anilines is 3. The molecule has 0 saturated heterocycles. The van der Waals surface area contributed by atoms with Crippen molar-refractivity contribution in [3.8, 4) is 66.8 Å². The molecule has 0 N–H and O–H groups in total. The van der Waals surface area contributed by atoms with Crippen LogP contribution in [-0.4, -0.2) is 0 Å². The smallest absolute Gasteiger partial charge is 0.0713 e. The molecule has 1 heteroatoms. The molecule has 12 aromatic carbocycles. The van der Waals surface area contributed by atoms with Crippen molar-refractivity contribution in [2.24, 2.45) is 0 Å². The molecule has 72 heavy (non-hydrogen) atoms. The number of hydrogen-bond donors (Lipinski definition) is 0. The average Bonchev–Trinajstić information content (AvgIpc) is 3.77. The molecule has 1 aliphatic rings. The SMILES string of the molecule is c1ccc(-c2ccccc2-c2ccc(N(c3ccc(-c4cccc(-c5ccc6ccccc6c5)c4)cc3)c3ccc(-c4ccc5c(c4)C(c4ccccc4)(c4ccccc4)c4ccccc4-5)cc3)cc2)cc1. The molecule has 0 aliphatic heterocycles. The molecule has 0 unspecified atom stereocenters. The van der Waals surface area contributed by atoms with Gasteiger partial charge in [-0.25, -0.2) is 0 Å². The first kappa shape index (κ1) is 42.8. The lowest BCUT2D eigenvalue weighted by Gasteiger charge is -2.34. The van der Waals surface area contributed by atoms with E-state index in [2.05, 4.69) is 302 Å². The summed E-state index contributed by atoms with van der Waals surface area (Å²) in [5, 5.41) is 2.50. The minimum atomic E-state index is -0.459. The normalized spacial score (nSPS) is 12.3. The van der Waals surface area contributed by atoms with Crippen LogP contribution in [0.3, 0.4) is 0 Å². The molecule has 0 bridgehead atoms. The lowest BCUT2D eigenvalue weighted by atomic mass is 9.67. The maximum absolute atomic E-state index is 2.45. The Morgan fingerprint density at radius 3 is 1.19 bits per heavy atom. The van der Waals surface area contributed by atoms with E-state index in [1.807, 2.05) is 0 Å². The number of nitrogens with zero attached hydrogens (tertiary/aromatic N) is 1. The van der Waals surface area contributed by atoms with Crippen molar-refractivity contribution < 1.29 is 0 Å². The molecule has 0 heterocycles. The first-order valence-electron chi connectivity index (χ1n) is 24.9. The Balaban J connectivity index is 0.886. The van der Waals surface area contributed by atoms with Crippen molar-refractivity contribution in [3.05, 3.63) is 320 Å². The van der Waals surface area contributed by atoms with Crippen molar-refractivity contribution in [2.75, 3.05) is 4.90 Å². The van der Waals surface area contributed by atoms with Crippen LogP contribution in [0.5, 0.6) is 0 Å². The van der Waals surface area contributed by atoms with E-state index >= 15 is 0 Å². The van der Waals surface area contributed by atoms with Crippen LogP contribution >= 0.6 is 0 Å². The predicted molar refractivity (Wildman–Crippen MR) is 303 cm³/mol. The lowest BCUT2D eigenvalue weighted by molar-refractivity contribution is 0.769. The van der Waals surface area contributed by atoms with Gasteiger partial charge in [0.05, 0.1) is 5.41 Å². The molecule has 0 saturated carbocycles. The van der Waals surface area contributed by atoms with E-state index in [-0.39, 0.29) is 0 Å². The summed E-state index contributed by atoms with van der Waals surface area (Å²) in [4.78, 5) is 2.38. The first-order valence-corrected chi connectivity index (χ1v) is 24.9. The van der Waals surface area contributed by atoms with Gasteiger partial charge in [-0.2, -0.15) is 0 Å². The quantitative estimate of drug-likeness (QED) is 0.132. The van der Waals surface area contributed by atoms with Gasteiger partial charge in [-0.15, -0.1) is 0 Å². The van der Waals surface area contributed by atoms with Crippen molar-refractivity contribution in [1.29, 1.82) is 0 Å². The van der Waals surface area contributed by atoms with Crippen LogP contribution in [0.1, 0.15) is 22.3 Å². The third-order valence-corrected chi connectivity index (χ3v) is 14.8. The highest BCUT2D eigenvalue weighted by Gasteiger charge is 2.46. The fourth-order valence-corrected chi connectivity index (χ4v) is 11.3. The van der Waals surface area contributed by atoms with Gasteiger partial charge in [-0.3, -0.25) is 0 Å². The van der Waals surface area contributed by atoms with Crippen molar-refractivity contribution in [3.63, 3.8) is 0 Å². The van der Waals surface area contributed by atoms with Crippen LogP contribution in [0.2, 0.25) is 0 Å². The number of benzene rings is 12. The second kappa shape index (κ2) is 18.2. The van der Waals surface area contributed by atoms with E-state index in [4.69, 9.17) is 0 Å². The van der Waals surface area contributed by atoms with Crippen LogP contribution < -0.4 is 4.90 Å². The highest BCUT2D eigenvalue weighted by atomic mass is 15.1. The van der Waals surface area contributed by atoms with Crippen LogP contribution in [-0.2, 0) is 5.41 Å². The molecule has 0 spiro atoms. The van der Waals surface area contributed by atoms with Crippen LogP contribution in [0.4, 0.5) is 17.1 Å². The minimum absolute atomic E-state index is 0.459. The Kier molecular flexibility index (Phi) is 10.8. The number of fused-ring (bicyclic) bond motifs is 4. The van der Waals surface area contributed by atoms with Crippen molar-refractivity contribution >= 4 is 27.8 Å². The van der Waals surface area contributed by atoms with Crippen LogP contribution in [0, 0.1) is 0 Å². The van der Waals surface area contributed by atoms with E-state index in [9.17, 15) is 0 Å². The summed E-state index contributed by atoms with van der Waals surface area (Å²) in [5.74, 6) is 0. The van der Waals surface area contributed by atoms with E-state index in [1.54, 1.807) is 0 Å². The molecule has 12 aromatic rings. The molecule has 0 aromatic heterocycles. The second-order valence-corrected chi connectivity index (χ2v) is 18.8. The molecule has 1 nitrogen and oxygen atoms in total. The predicted octanol–water partition coefficient (Wildman–Crippen LogP) is 19.0. The first-order chi connectivity index (χ1) is 35.7. The van der Waals surface area contributed by atoms with E-state index in [1.165, 1.54) is 99.8 Å². The standard InChI is InChI=1S/C71H49N/c1-4-18-53(19-5-1)65-27-12-13-28-66(65)54-37-44-64(45-38-54)72(62-40-33-51(34-41-62)56-21-16-22-57(47-56)58-32-31-50-17-10-11-20-55(50)48-58)63-42-35-52(36-43-63)59-39-46-68-67-29-14-15-30-69(67)71(70(68)49-59,60-23-6-2-7-24-60)61-25-8-3-9-26-61/h1-49H. The molecule has 0 radical (unpaired) electrons. The summed E-state index contributed by atoms with van der Waals surface area (Å²) in [6.07, 6.45) is 0. The maximum Gasteiger partial charge on any atom is 0.0713 e. The highest BCUT2D eigenvalue weighted by Crippen LogP contribution is 2.57. The zero-order chi connectivity index (χ0) is 47.8. The molecule has 0 atom stereocenters. The summed E-state index contributed by atoms with van der Waals surface area (Å²) in [7, 11) is 0. The Labute approximate surface area is 422 Å². The number of rotatable bonds is 10. The van der Waals surface area contributed by atoms with E-state index in [0.29, 0.717) is 0 Å². The topological polar surface area (TPSA) is 3.24 Å². The Bertz CT molecular complexity index is 3840. The van der Waals surface area contributed by atoms with Gasteiger partial charge in [0.25, 0.3) is 0 Å².